The van der Waals surface area contributed by atoms with Crippen LogP contribution in [0.4, 0.5) is 0 Å². The minimum atomic E-state index is 0.300. The van der Waals surface area contributed by atoms with E-state index in [1.54, 1.807) is 7.11 Å². The van der Waals surface area contributed by atoms with E-state index < -0.39 is 0 Å². The molecule has 1 rings (SSSR count). The van der Waals surface area contributed by atoms with E-state index in [0.29, 0.717) is 12.7 Å². The number of hydrogen-bond donors (Lipinski definition) is 1. The Balaban J connectivity index is 2.09. The van der Waals surface area contributed by atoms with Gasteiger partial charge in [0.05, 0.1) is 6.10 Å². The Morgan fingerprint density at radius 3 is 3.00 bits per heavy atom. The molecule has 1 heterocycles. The summed E-state index contributed by atoms with van der Waals surface area (Å²) in [5, 5.41) is 8.59. The van der Waals surface area contributed by atoms with Crippen molar-refractivity contribution in [2.45, 2.75) is 18.9 Å². The van der Waals surface area contributed by atoms with E-state index in [0.717, 1.165) is 32.5 Å². The molecular weight excluding hydrogens is 142 g/mol. The third kappa shape index (κ3) is 2.77. The lowest BCUT2D eigenvalue weighted by molar-refractivity contribution is 0.107. The maximum Gasteiger partial charge on any atom is 0.0710 e. The molecule has 0 aromatic rings. The Morgan fingerprint density at radius 2 is 2.45 bits per heavy atom. The molecule has 0 radical (unpaired) electrons. The van der Waals surface area contributed by atoms with Gasteiger partial charge in [0.25, 0.3) is 0 Å². The van der Waals surface area contributed by atoms with Gasteiger partial charge in [0.1, 0.15) is 0 Å². The summed E-state index contributed by atoms with van der Waals surface area (Å²) < 4.78 is 5.22. The van der Waals surface area contributed by atoms with Gasteiger partial charge in [-0.1, -0.05) is 0 Å². The van der Waals surface area contributed by atoms with E-state index >= 15 is 0 Å². The molecule has 1 fully saturated rings. The topological polar surface area (TPSA) is 32.7 Å². The average Bonchev–Trinajstić information content (AvgIpc) is 2.48. The van der Waals surface area contributed by atoms with Crippen LogP contribution in [0.25, 0.3) is 0 Å². The summed E-state index contributed by atoms with van der Waals surface area (Å²) in [4.78, 5) is 2.34. The molecule has 11 heavy (non-hydrogen) atoms. The molecule has 1 atom stereocenters. The van der Waals surface area contributed by atoms with E-state index in [4.69, 9.17) is 9.84 Å². The van der Waals surface area contributed by atoms with Crippen LogP contribution >= 0.6 is 0 Å². The number of nitrogens with zero attached hydrogens (tertiary/aromatic N) is 1. The van der Waals surface area contributed by atoms with Crippen molar-refractivity contribution in [3.05, 3.63) is 0 Å². The average molecular weight is 159 g/mol. The summed E-state index contributed by atoms with van der Waals surface area (Å²) >= 11 is 0. The summed E-state index contributed by atoms with van der Waals surface area (Å²) in [6.45, 7) is 3.47. The lowest BCUT2D eigenvalue weighted by Gasteiger charge is -2.13. The Kier molecular flexibility index (Phi) is 3.83. The molecule has 1 N–H and O–H groups in total. The zero-order valence-corrected chi connectivity index (χ0v) is 7.12. The number of likely N-dealkylation sites (tertiary alicyclic amines) is 1. The molecular formula is C8H17NO2. The van der Waals surface area contributed by atoms with Gasteiger partial charge in [-0.25, -0.2) is 0 Å². The predicted octanol–water partition coefficient (Wildman–Crippen LogP) is 0.0895. The fraction of sp³-hybridized carbons (Fsp3) is 1.00. The Hall–Kier alpha value is -0.120. The van der Waals surface area contributed by atoms with Gasteiger partial charge in [0.2, 0.25) is 0 Å². The minimum absolute atomic E-state index is 0.300. The molecule has 1 aliphatic rings. The van der Waals surface area contributed by atoms with E-state index in [1.807, 2.05) is 0 Å². The number of methoxy groups -OCH3 is 1. The highest BCUT2D eigenvalue weighted by Crippen LogP contribution is 2.11. The van der Waals surface area contributed by atoms with Crippen molar-refractivity contribution >= 4 is 0 Å². The standard InChI is InChI=1S/C8H17NO2/c1-11-8-3-5-9(7-8)4-2-6-10/h8,10H,2-7H2,1H3/t8-/m1/s1. The molecule has 3 nitrogen and oxygen atoms in total. The van der Waals surface area contributed by atoms with Crippen LogP contribution < -0.4 is 0 Å². The summed E-state index contributed by atoms with van der Waals surface area (Å²) in [6.07, 6.45) is 2.45. The number of aliphatic hydroxyl groups excluding tert-OH is 1. The Labute approximate surface area is 68.0 Å². The highest BCUT2D eigenvalue weighted by atomic mass is 16.5. The third-order valence-electron chi connectivity index (χ3n) is 2.19. The summed E-state index contributed by atoms with van der Waals surface area (Å²) in [5.74, 6) is 0. The predicted molar refractivity (Wildman–Crippen MR) is 43.6 cm³/mol. The van der Waals surface area contributed by atoms with Crippen LogP contribution in [0.15, 0.2) is 0 Å². The van der Waals surface area contributed by atoms with Crippen molar-refractivity contribution in [1.29, 1.82) is 0 Å². The zero-order valence-electron chi connectivity index (χ0n) is 7.12. The van der Waals surface area contributed by atoms with Crippen LogP contribution in [0.3, 0.4) is 0 Å². The maximum atomic E-state index is 8.59. The second-order valence-electron chi connectivity index (χ2n) is 3.02. The lowest BCUT2D eigenvalue weighted by Crippen LogP contribution is -2.24. The molecule has 0 spiro atoms. The van der Waals surface area contributed by atoms with Gasteiger partial charge in [-0.2, -0.15) is 0 Å². The monoisotopic (exact) mass is 159 g/mol. The SMILES string of the molecule is CO[C@@H]1CCN(CCCO)C1. The van der Waals surface area contributed by atoms with Gasteiger partial charge >= 0.3 is 0 Å². The quantitative estimate of drug-likeness (QED) is 0.631. The van der Waals surface area contributed by atoms with Gasteiger partial charge in [-0.3, -0.25) is 0 Å². The molecule has 0 amide bonds. The number of ether oxygens (including phenoxy) is 1. The zero-order chi connectivity index (χ0) is 8.10. The van der Waals surface area contributed by atoms with Crippen LogP contribution in [-0.2, 0) is 4.74 Å². The van der Waals surface area contributed by atoms with Gasteiger partial charge < -0.3 is 14.7 Å². The molecule has 0 bridgehead atoms. The highest BCUT2D eigenvalue weighted by Gasteiger charge is 2.20. The largest absolute Gasteiger partial charge is 0.396 e. The van der Waals surface area contributed by atoms with Crippen molar-refractivity contribution in [1.82, 2.24) is 4.90 Å². The molecule has 66 valence electrons. The normalized spacial score (nSPS) is 26.2. The molecule has 0 aliphatic carbocycles. The van der Waals surface area contributed by atoms with Crippen LogP contribution in [0.2, 0.25) is 0 Å². The van der Waals surface area contributed by atoms with E-state index in [9.17, 15) is 0 Å². The third-order valence-corrected chi connectivity index (χ3v) is 2.19. The minimum Gasteiger partial charge on any atom is -0.396 e. The Bertz CT molecular complexity index is 108. The van der Waals surface area contributed by atoms with Crippen LogP contribution in [0.5, 0.6) is 0 Å². The maximum absolute atomic E-state index is 8.59. The van der Waals surface area contributed by atoms with Crippen LogP contribution in [-0.4, -0.2) is 49.5 Å². The molecule has 0 aromatic heterocycles. The van der Waals surface area contributed by atoms with Crippen molar-refractivity contribution in [3.8, 4) is 0 Å². The molecule has 0 unspecified atom stereocenters. The molecule has 3 heteroatoms. The van der Waals surface area contributed by atoms with Crippen molar-refractivity contribution < 1.29 is 9.84 Å². The first kappa shape index (κ1) is 8.97. The Morgan fingerprint density at radius 1 is 1.64 bits per heavy atom. The first-order chi connectivity index (χ1) is 5.36. The summed E-state index contributed by atoms with van der Waals surface area (Å²) in [7, 11) is 1.76. The first-order valence-corrected chi connectivity index (χ1v) is 4.23. The van der Waals surface area contributed by atoms with Gasteiger partial charge in [0.15, 0.2) is 0 Å². The summed E-state index contributed by atoms with van der Waals surface area (Å²) in [5.41, 5.74) is 0. The van der Waals surface area contributed by atoms with Crippen molar-refractivity contribution in [3.63, 3.8) is 0 Å². The van der Waals surface area contributed by atoms with Crippen LogP contribution in [0, 0.1) is 0 Å². The lowest BCUT2D eigenvalue weighted by atomic mass is 10.3. The van der Waals surface area contributed by atoms with E-state index in [2.05, 4.69) is 4.90 Å². The van der Waals surface area contributed by atoms with Gasteiger partial charge in [0, 0.05) is 33.4 Å². The second kappa shape index (κ2) is 4.70. The molecule has 1 saturated heterocycles. The first-order valence-electron chi connectivity index (χ1n) is 4.23. The van der Waals surface area contributed by atoms with Gasteiger partial charge in [-0.05, 0) is 12.8 Å². The molecule has 0 aromatic carbocycles. The number of hydrogen-bond acceptors (Lipinski definition) is 3. The van der Waals surface area contributed by atoms with Gasteiger partial charge in [-0.15, -0.1) is 0 Å². The smallest absolute Gasteiger partial charge is 0.0710 e. The number of aliphatic hydroxyl groups is 1. The van der Waals surface area contributed by atoms with E-state index in [-0.39, 0.29) is 0 Å². The molecule has 1 aliphatic heterocycles. The van der Waals surface area contributed by atoms with E-state index in [1.165, 1.54) is 0 Å². The van der Waals surface area contributed by atoms with Crippen LogP contribution in [0.1, 0.15) is 12.8 Å². The molecule has 0 saturated carbocycles. The summed E-state index contributed by atoms with van der Waals surface area (Å²) in [6, 6.07) is 0. The fourth-order valence-electron chi connectivity index (χ4n) is 1.49. The van der Waals surface area contributed by atoms with Crippen molar-refractivity contribution in [2.75, 3.05) is 33.4 Å². The number of rotatable bonds is 4. The highest BCUT2D eigenvalue weighted by molar-refractivity contribution is 4.75. The second-order valence-corrected chi connectivity index (χ2v) is 3.02. The fourth-order valence-corrected chi connectivity index (χ4v) is 1.49. The van der Waals surface area contributed by atoms with Crippen molar-refractivity contribution in [2.24, 2.45) is 0 Å².